The van der Waals surface area contributed by atoms with Crippen LogP contribution in [0.4, 0.5) is 10.1 Å². The average Bonchev–Trinajstić information content (AvgIpc) is 3.00. The molecule has 24 heavy (non-hydrogen) atoms. The molecular formula is C15H10Cl2FN5O. The highest BCUT2D eigenvalue weighted by atomic mass is 35.5. The molecule has 122 valence electrons. The molecule has 6 nitrogen and oxygen atoms in total. The number of nitrogens with zero attached hydrogens (tertiary/aromatic N) is 4. The lowest BCUT2D eigenvalue weighted by Gasteiger charge is -2.08. The van der Waals surface area contributed by atoms with Crippen molar-refractivity contribution >= 4 is 34.8 Å². The zero-order chi connectivity index (χ0) is 17.1. The fourth-order valence-electron chi connectivity index (χ4n) is 1.95. The van der Waals surface area contributed by atoms with Crippen LogP contribution < -0.4 is 5.32 Å². The number of hydrogen-bond donors (Lipinski definition) is 1. The first-order valence-electron chi connectivity index (χ1n) is 6.80. The minimum absolute atomic E-state index is 0.171. The molecule has 0 fully saturated rings. The Hall–Kier alpha value is -2.51. The minimum Gasteiger partial charge on any atom is -0.322 e. The Balaban J connectivity index is 1.70. The van der Waals surface area contributed by atoms with E-state index in [1.807, 2.05) is 0 Å². The molecule has 1 N–H and O–H groups in total. The van der Waals surface area contributed by atoms with Crippen LogP contribution >= 0.6 is 23.2 Å². The first-order valence-corrected chi connectivity index (χ1v) is 7.56. The highest BCUT2D eigenvalue weighted by Gasteiger charge is 2.12. The molecule has 0 saturated heterocycles. The molecule has 1 aromatic heterocycles. The van der Waals surface area contributed by atoms with Gasteiger partial charge in [-0.3, -0.25) is 4.79 Å². The maximum Gasteiger partial charge on any atom is 0.248 e. The van der Waals surface area contributed by atoms with Crippen molar-refractivity contribution in [3.05, 3.63) is 58.3 Å². The zero-order valence-corrected chi connectivity index (χ0v) is 13.6. The number of para-hydroxylation sites is 1. The molecule has 2 aromatic carbocycles. The lowest BCUT2D eigenvalue weighted by atomic mass is 10.2. The average molecular weight is 366 g/mol. The van der Waals surface area contributed by atoms with Crippen molar-refractivity contribution in [3.63, 3.8) is 0 Å². The number of benzene rings is 2. The summed E-state index contributed by atoms with van der Waals surface area (Å²) >= 11 is 12.0. The van der Waals surface area contributed by atoms with Crippen LogP contribution in [0, 0.1) is 5.82 Å². The molecule has 0 saturated carbocycles. The van der Waals surface area contributed by atoms with Gasteiger partial charge in [-0.15, -0.1) is 10.2 Å². The molecular weight excluding hydrogens is 356 g/mol. The van der Waals surface area contributed by atoms with E-state index >= 15 is 0 Å². The van der Waals surface area contributed by atoms with Gasteiger partial charge in [0.15, 0.2) is 0 Å². The van der Waals surface area contributed by atoms with Crippen LogP contribution in [0.3, 0.4) is 0 Å². The van der Waals surface area contributed by atoms with Crippen LogP contribution in [0.15, 0.2) is 42.5 Å². The number of carbonyl (C=O) groups excluding carboxylic acids is 1. The lowest BCUT2D eigenvalue weighted by Crippen LogP contribution is -2.20. The predicted octanol–water partition coefficient (Wildman–Crippen LogP) is 3.42. The quantitative estimate of drug-likeness (QED) is 0.768. The second kappa shape index (κ2) is 6.94. The van der Waals surface area contributed by atoms with Crippen LogP contribution in [0.5, 0.6) is 0 Å². The Morgan fingerprint density at radius 2 is 1.79 bits per heavy atom. The van der Waals surface area contributed by atoms with E-state index in [-0.39, 0.29) is 12.4 Å². The lowest BCUT2D eigenvalue weighted by molar-refractivity contribution is -0.117. The summed E-state index contributed by atoms with van der Waals surface area (Å²) in [6, 6.07) is 10.5. The van der Waals surface area contributed by atoms with E-state index in [1.165, 1.54) is 24.3 Å². The van der Waals surface area contributed by atoms with Crippen LogP contribution in [-0.2, 0) is 11.3 Å². The van der Waals surface area contributed by atoms with Gasteiger partial charge in [-0.1, -0.05) is 29.3 Å². The number of nitrogens with one attached hydrogen (secondary N) is 1. The van der Waals surface area contributed by atoms with Gasteiger partial charge >= 0.3 is 0 Å². The Kier molecular flexibility index (Phi) is 4.73. The van der Waals surface area contributed by atoms with E-state index in [0.717, 1.165) is 4.80 Å². The van der Waals surface area contributed by atoms with Crippen molar-refractivity contribution in [3.8, 4) is 11.4 Å². The topological polar surface area (TPSA) is 72.7 Å². The maximum absolute atomic E-state index is 12.9. The van der Waals surface area contributed by atoms with Crippen molar-refractivity contribution in [2.75, 3.05) is 5.32 Å². The number of tetrazole rings is 1. The van der Waals surface area contributed by atoms with E-state index in [0.29, 0.717) is 27.1 Å². The smallest absolute Gasteiger partial charge is 0.248 e. The summed E-state index contributed by atoms with van der Waals surface area (Å²) < 4.78 is 12.9. The SMILES string of the molecule is O=C(Cn1nnc(-c2ccc(F)cc2)n1)Nc1c(Cl)cccc1Cl. The Bertz CT molecular complexity index is 862. The number of rotatable bonds is 4. The summed E-state index contributed by atoms with van der Waals surface area (Å²) in [7, 11) is 0. The third-order valence-electron chi connectivity index (χ3n) is 3.07. The van der Waals surface area contributed by atoms with Gasteiger partial charge < -0.3 is 5.32 Å². The number of carbonyl (C=O) groups is 1. The van der Waals surface area contributed by atoms with Crippen molar-refractivity contribution in [1.82, 2.24) is 20.2 Å². The molecule has 9 heteroatoms. The van der Waals surface area contributed by atoms with Gasteiger partial charge in [0.25, 0.3) is 0 Å². The van der Waals surface area contributed by atoms with E-state index in [1.54, 1.807) is 18.2 Å². The zero-order valence-electron chi connectivity index (χ0n) is 12.1. The summed E-state index contributed by atoms with van der Waals surface area (Å²) in [4.78, 5) is 13.2. The molecule has 0 aliphatic carbocycles. The molecule has 0 bridgehead atoms. The molecule has 0 aliphatic heterocycles. The van der Waals surface area contributed by atoms with E-state index in [4.69, 9.17) is 23.2 Å². The fraction of sp³-hybridized carbons (Fsp3) is 0.0667. The van der Waals surface area contributed by atoms with Gasteiger partial charge in [0.1, 0.15) is 12.4 Å². The van der Waals surface area contributed by atoms with Crippen molar-refractivity contribution < 1.29 is 9.18 Å². The van der Waals surface area contributed by atoms with Gasteiger partial charge in [0, 0.05) is 5.56 Å². The summed E-state index contributed by atoms with van der Waals surface area (Å²) in [6.07, 6.45) is 0. The van der Waals surface area contributed by atoms with Gasteiger partial charge in [0.2, 0.25) is 11.7 Å². The molecule has 0 atom stereocenters. The number of halogens is 3. The van der Waals surface area contributed by atoms with E-state index in [9.17, 15) is 9.18 Å². The number of amides is 1. The predicted molar refractivity (Wildman–Crippen MR) is 88.3 cm³/mol. The highest BCUT2D eigenvalue weighted by Crippen LogP contribution is 2.29. The fourth-order valence-corrected chi connectivity index (χ4v) is 2.44. The molecule has 1 amide bonds. The van der Waals surface area contributed by atoms with Gasteiger partial charge in [-0.25, -0.2) is 4.39 Å². The third-order valence-corrected chi connectivity index (χ3v) is 3.70. The van der Waals surface area contributed by atoms with Crippen LogP contribution in [0.25, 0.3) is 11.4 Å². The monoisotopic (exact) mass is 365 g/mol. The number of aromatic nitrogens is 4. The molecule has 0 spiro atoms. The standard InChI is InChI=1S/C15H10Cl2FN5O/c16-11-2-1-3-12(17)14(11)19-13(24)8-23-21-15(20-22-23)9-4-6-10(18)7-5-9/h1-7H,8H2,(H,19,24). The number of anilines is 1. The summed E-state index contributed by atoms with van der Waals surface area (Å²) in [6.45, 7) is -0.171. The van der Waals surface area contributed by atoms with Gasteiger partial charge in [-0.05, 0) is 41.6 Å². The molecule has 3 aromatic rings. The first-order chi connectivity index (χ1) is 11.5. The molecule has 1 heterocycles. The number of hydrogen-bond acceptors (Lipinski definition) is 4. The van der Waals surface area contributed by atoms with Crippen LogP contribution in [0.1, 0.15) is 0 Å². The summed E-state index contributed by atoms with van der Waals surface area (Å²) in [5, 5.41) is 15.0. The first kappa shape index (κ1) is 16.4. The molecule has 3 rings (SSSR count). The molecule has 0 unspecified atom stereocenters. The van der Waals surface area contributed by atoms with Crippen molar-refractivity contribution in [2.45, 2.75) is 6.54 Å². The van der Waals surface area contributed by atoms with E-state index < -0.39 is 5.91 Å². The molecule has 0 aliphatic rings. The third kappa shape index (κ3) is 3.69. The molecule has 0 radical (unpaired) electrons. The summed E-state index contributed by atoms with van der Waals surface area (Å²) in [5.41, 5.74) is 0.918. The van der Waals surface area contributed by atoms with Gasteiger partial charge in [0.05, 0.1) is 15.7 Å². The van der Waals surface area contributed by atoms with Gasteiger partial charge in [-0.2, -0.15) is 4.80 Å². The maximum atomic E-state index is 12.9. The van der Waals surface area contributed by atoms with Crippen LogP contribution in [0.2, 0.25) is 10.0 Å². The highest BCUT2D eigenvalue weighted by molar-refractivity contribution is 6.39. The van der Waals surface area contributed by atoms with Crippen molar-refractivity contribution in [2.24, 2.45) is 0 Å². The van der Waals surface area contributed by atoms with Crippen LogP contribution in [-0.4, -0.2) is 26.1 Å². The second-order valence-electron chi connectivity index (χ2n) is 4.80. The second-order valence-corrected chi connectivity index (χ2v) is 5.61. The van der Waals surface area contributed by atoms with Crippen molar-refractivity contribution in [1.29, 1.82) is 0 Å². The largest absolute Gasteiger partial charge is 0.322 e. The normalized spacial score (nSPS) is 10.6. The minimum atomic E-state index is -0.409. The Labute approximate surface area is 146 Å². The Morgan fingerprint density at radius 3 is 2.46 bits per heavy atom. The Morgan fingerprint density at radius 1 is 1.12 bits per heavy atom. The summed E-state index contributed by atoms with van der Waals surface area (Å²) in [5.74, 6) is -0.478. The van der Waals surface area contributed by atoms with E-state index in [2.05, 4.69) is 20.7 Å².